The van der Waals surface area contributed by atoms with Crippen LogP contribution in [0.4, 0.5) is 0 Å². The maximum absolute atomic E-state index is 3.74. The fourth-order valence-corrected chi connectivity index (χ4v) is 8.36. The van der Waals surface area contributed by atoms with Gasteiger partial charge in [-0.15, -0.1) is 5.54 Å². The van der Waals surface area contributed by atoms with E-state index in [2.05, 4.69) is 77.3 Å². The lowest BCUT2D eigenvalue weighted by molar-refractivity contribution is 0.838. The van der Waals surface area contributed by atoms with E-state index in [9.17, 15) is 0 Å². The van der Waals surface area contributed by atoms with E-state index in [-0.39, 0.29) is 0 Å². The van der Waals surface area contributed by atoms with Crippen molar-refractivity contribution >= 4 is 8.07 Å². The van der Waals surface area contributed by atoms with Crippen molar-refractivity contribution in [2.75, 3.05) is 0 Å². The van der Waals surface area contributed by atoms with Crippen LogP contribution in [0.3, 0.4) is 0 Å². The van der Waals surface area contributed by atoms with Crippen molar-refractivity contribution in [3.63, 3.8) is 0 Å². The predicted octanol–water partition coefficient (Wildman–Crippen LogP) is 5.26. The molecule has 0 aliphatic rings. The molecule has 0 amide bonds. The average Bonchev–Trinajstić information content (AvgIpc) is 2.29. The van der Waals surface area contributed by atoms with Crippen molar-refractivity contribution in [3.8, 4) is 11.5 Å². The molecule has 0 aliphatic carbocycles. The maximum Gasteiger partial charge on any atom is 0.146 e. The van der Waals surface area contributed by atoms with Crippen molar-refractivity contribution in [2.45, 2.75) is 58.2 Å². The normalized spacial score (nSPS) is 11.8. The molecule has 0 N–H and O–H groups in total. The van der Waals surface area contributed by atoms with E-state index < -0.39 is 8.07 Å². The molecule has 0 unspecified atom stereocenters. The Labute approximate surface area is 114 Å². The second kappa shape index (κ2) is 6.25. The van der Waals surface area contributed by atoms with Crippen molar-refractivity contribution in [1.29, 1.82) is 0 Å². The molecule has 1 rings (SSSR count). The van der Waals surface area contributed by atoms with Crippen LogP contribution in [0.15, 0.2) is 30.3 Å². The van der Waals surface area contributed by atoms with Gasteiger partial charge in [0.25, 0.3) is 0 Å². The SMILES string of the molecule is CC(C)[Si](C#Cc1ccccc1)(C(C)C)C(C)C. The summed E-state index contributed by atoms with van der Waals surface area (Å²) in [7, 11) is -1.57. The molecule has 0 aromatic heterocycles. The molecule has 0 bridgehead atoms. The summed E-state index contributed by atoms with van der Waals surface area (Å²) in [5.74, 6) is 3.44. The molecular weight excluding hydrogens is 232 g/mol. The lowest BCUT2D eigenvalue weighted by Crippen LogP contribution is -2.43. The molecule has 0 nitrogen and oxygen atoms in total. The van der Waals surface area contributed by atoms with Gasteiger partial charge in [0.2, 0.25) is 0 Å². The molecule has 18 heavy (non-hydrogen) atoms. The zero-order valence-electron chi connectivity index (χ0n) is 12.6. The quantitative estimate of drug-likeness (QED) is 0.513. The molecule has 0 radical (unpaired) electrons. The minimum Gasteiger partial charge on any atom is -0.125 e. The summed E-state index contributed by atoms with van der Waals surface area (Å²) in [5.41, 5.74) is 6.99. The summed E-state index contributed by atoms with van der Waals surface area (Å²) in [6.07, 6.45) is 0. The van der Waals surface area contributed by atoms with Gasteiger partial charge in [-0.25, -0.2) is 0 Å². The maximum atomic E-state index is 3.74. The first-order valence-corrected chi connectivity index (χ1v) is 9.22. The lowest BCUT2D eigenvalue weighted by atomic mass is 10.2. The van der Waals surface area contributed by atoms with Crippen LogP contribution in [-0.2, 0) is 0 Å². The molecule has 1 aromatic carbocycles. The van der Waals surface area contributed by atoms with Gasteiger partial charge >= 0.3 is 0 Å². The van der Waals surface area contributed by atoms with Gasteiger partial charge in [0.05, 0.1) is 0 Å². The van der Waals surface area contributed by atoms with Crippen molar-refractivity contribution in [2.24, 2.45) is 0 Å². The molecule has 1 heteroatoms. The van der Waals surface area contributed by atoms with Gasteiger partial charge in [-0.2, -0.15) is 0 Å². The fraction of sp³-hybridized carbons (Fsp3) is 0.529. The van der Waals surface area contributed by atoms with Gasteiger partial charge in [-0.3, -0.25) is 0 Å². The zero-order chi connectivity index (χ0) is 13.8. The van der Waals surface area contributed by atoms with Crippen LogP contribution in [-0.4, -0.2) is 8.07 Å². The van der Waals surface area contributed by atoms with Crippen LogP contribution >= 0.6 is 0 Å². The van der Waals surface area contributed by atoms with Crippen LogP contribution in [0.5, 0.6) is 0 Å². The Morgan fingerprint density at radius 3 is 1.61 bits per heavy atom. The van der Waals surface area contributed by atoms with E-state index in [0.29, 0.717) is 16.6 Å². The van der Waals surface area contributed by atoms with Gasteiger partial charge in [-0.1, -0.05) is 65.7 Å². The zero-order valence-corrected chi connectivity index (χ0v) is 13.6. The number of rotatable bonds is 3. The van der Waals surface area contributed by atoms with E-state index in [1.54, 1.807) is 0 Å². The van der Waals surface area contributed by atoms with Crippen molar-refractivity contribution < 1.29 is 0 Å². The van der Waals surface area contributed by atoms with Gasteiger partial charge in [0, 0.05) is 5.56 Å². The van der Waals surface area contributed by atoms with E-state index in [1.165, 1.54) is 0 Å². The molecule has 98 valence electrons. The Balaban J connectivity index is 3.18. The van der Waals surface area contributed by atoms with Crippen LogP contribution in [0.25, 0.3) is 0 Å². The predicted molar refractivity (Wildman–Crippen MR) is 84.4 cm³/mol. The Morgan fingerprint density at radius 1 is 0.778 bits per heavy atom. The third-order valence-electron chi connectivity index (χ3n) is 4.06. The summed E-state index contributed by atoms with van der Waals surface area (Å²) in [4.78, 5) is 0. The summed E-state index contributed by atoms with van der Waals surface area (Å²) >= 11 is 0. The molecule has 0 spiro atoms. The van der Waals surface area contributed by atoms with Crippen molar-refractivity contribution in [3.05, 3.63) is 35.9 Å². The second-order valence-corrected chi connectivity index (χ2v) is 11.6. The van der Waals surface area contributed by atoms with Crippen molar-refractivity contribution in [1.82, 2.24) is 0 Å². The summed E-state index contributed by atoms with van der Waals surface area (Å²) in [6, 6.07) is 10.4. The topological polar surface area (TPSA) is 0 Å². The number of benzene rings is 1. The lowest BCUT2D eigenvalue weighted by Gasteiger charge is -2.38. The second-order valence-electron chi connectivity index (χ2n) is 6.01. The smallest absolute Gasteiger partial charge is 0.125 e. The molecule has 1 aromatic rings. The van der Waals surface area contributed by atoms with E-state index in [4.69, 9.17) is 0 Å². The van der Waals surface area contributed by atoms with Gasteiger partial charge in [0.15, 0.2) is 0 Å². The van der Waals surface area contributed by atoms with Crippen LogP contribution in [0, 0.1) is 11.5 Å². The van der Waals surface area contributed by atoms with Crippen LogP contribution < -0.4 is 0 Å². The highest BCUT2D eigenvalue weighted by Crippen LogP contribution is 2.40. The minimum absolute atomic E-state index is 0.703. The van der Waals surface area contributed by atoms with E-state index >= 15 is 0 Å². The third kappa shape index (κ3) is 3.06. The summed E-state index contributed by atoms with van der Waals surface area (Å²) < 4.78 is 0. The van der Waals surface area contributed by atoms with Gasteiger partial charge in [-0.05, 0) is 28.8 Å². The fourth-order valence-electron chi connectivity index (χ4n) is 3.13. The Morgan fingerprint density at radius 2 is 1.22 bits per heavy atom. The van der Waals surface area contributed by atoms with Crippen LogP contribution in [0.1, 0.15) is 47.1 Å². The molecule has 0 atom stereocenters. The average molecular weight is 258 g/mol. The highest BCUT2D eigenvalue weighted by atomic mass is 28.3. The first-order chi connectivity index (χ1) is 8.41. The molecule has 0 saturated heterocycles. The van der Waals surface area contributed by atoms with Crippen LogP contribution in [0.2, 0.25) is 16.6 Å². The Kier molecular flexibility index (Phi) is 5.23. The number of hydrogen-bond donors (Lipinski definition) is 0. The summed E-state index contributed by atoms with van der Waals surface area (Å²) in [5, 5.41) is 0. The molecular formula is C17H26Si. The largest absolute Gasteiger partial charge is 0.146 e. The molecule has 0 heterocycles. The third-order valence-corrected chi connectivity index (χ3v) is 10.4. The highest BCUT2D eigenvalue weighted by molar-refractivity contribution is 6.90. The molecule has 0 aliphatic heterocycles. The summed E-state index contributed by atoms with van der Waals surface area (Å²) in [6.45, 7) is 14.1. The monoisotopic (exact) mass is 258 g/mol. The first-order valence-electron chi connectivity index (χ1n) is 6.99. The number of hydrogen-bond acceptors (Lipinski definition) is 0. The standard InChI is InChI=1S/C17H26Si/c1-14(2)18(15(3)4,16(5)6)13-12-17-10-8-7-9-11-17/h7-11,14-16H,1-6H3. The molecule has 0 fully saturated rings. The first kappa shape index (κ1) is 15.1. The molecule has 0 saturated carbocycles. The highest BCUT2D eigenvalue weighted by Gasteiger charge is 2.41. The van der Waals surface area contributed by atoms with Gasteiger partial charge in [0.1, 0.15) is 8.07 Å². The van der Waals surface area contributed by atoms with Gasteiger partial charge < -0.3 is 0 Å². The Bertz CT molecular complexity index is 396. The van der Waals surface area contributed by atoms with E-state index in [1.807, 2.05) is 6.07 Å². The minimum atomic E-state index is -1.57. The Hall–Kier alpha value is -1.00. The van der Waals surface area contributed by atoms with E-state index in [0.717, 1.165) is 5.56 Å².